The minimum absolute atomic E-state index is 0.0625. The molecule has 0 bridgehead atoms. The molecule has 0 amide bonds. The van der Waals surface area contributed by atoms with Gasteiger partial charge in [0.25, 0.3) is 0 Å². The fraction of sp³-hybridized carbons (Fsp3) is 1.00. The largest absolute Gasteiger partial charge is 0.435 e. The van der Waals surface area contributed by atoms with E-state index < -0.39 is 0 Å². The van der Waals surface area contributed by atoms with Crippen LogP contribution in [0.1, 0.15) is 27.7 Å². The van der Waals surface area contributed by atoms with Crippen LogP contribution < -0.4 is 0 Å². The lowest BCUT2D eigenvalue weighted by molar-refractivity contribution is -0.000350. The molecule has 1 nitrogen and oxygen atoms in total. The van der Waals surface area contributed by atoms with E-state index in [1.165, 1.54) is 0 Å². The van der Waals surface area contributed by atoms with Gasteiger partial charge in [0, 0.05) is 5.60 Å². The summed E-state index contributed by atoms with van der Waals surface area (Å²) in [4.78, 5) is 0. The molecule has 0 aromatic rings. The summed E-state index contributed by atoms with van der Waals surface area (Å²) in [7, 11) is 1.90. The summed E-state index contributed by atoms with van der Waals surface area (Å²) in [5.74, 6) is 0. The van der Waals surface area contributed by atoms with Gasteiger partial charge in [-0.3, -0.25) is 0 Å². The van der Waals surface area contributed by atoms with E-state index in [4.69, 9.17) is 4.65 Å². The molecule has 1 saturated heterocycles. The zero-order valence-electron chi connectivity index (χ0n) is 5.99. The van der Waals surface area contributed by atoms with Crippen LogP contribution in [0.2, 0.25) is 5.31 Å². The highest BCUT2D eigenvalue weighted by Gasteiger charge is 2.48. The molecule has 8 heavy (non-hydrogen) atoms. The minimum atomic E-state index is 0.0625. The van der Waals surface area contributed by atoms with E-state index in [0.29, 0.717) is 0 Å². The maximum atomic E-state index is 5.21. The first-order valence-corrected chi connectivity index (χ1v) is 2.98. The molecule has 1 radical (unpaired) electrons. The van der Waals surface area contributed by atoms with E-state index in [-0.39, 0.29) is 10.9 Å². The Kier molecular flexibility index (Phi) is 0.997. The number of rotatable bonds is 0. The standard InChI is InChI=1S/C6H12BO/c1-5(2)6(3,4)8-7-5/h1-4H3. The maximum Gasteiger partial charge on any atom is 0.302 e. The predicted octanol–water partition coefficient (Wildman–Crippen LogP) is 1.61. The molecule has 0 N–H and O–H groups in total. The second-order valence-corrected chi connectivity index (χ2v) is 3.47. The monoisotopic (exact) mass is 111 g/mol. The molecule has 2 heteroatoms. The van der Waals surface area contributed by atoms with Crippen LogP contribution in [-0.2, 0) is 4.65 Å². The van der Waals surface area contributed by atoms with Gasteiger partial charge in [0.05, 0.1) is 0 Å². The summed E-state index contributed by atoms with van der Waals surface area (Å²) in [6.45, 7) is 8.56. The van der Waals surface area contributed by atoms with Gasteiger partial charge in [-0.25, -0.2) is 0 Å². The highest BCUT2D eigenvalue weighted by atomic mass is 16.5. The molecule has 45 valence electrons. The second-order valence-electron chi connectivity index (χ2n) is 3.47. The van der Waals surface area contributed by atoms with Crippen molar-refractivity contribution in [2.75, 3.05) is 0 Å². The van der Waals surface area contributed by atoms with Gasteiger partial charge >= 0.3 is 7.48 Å². The van der Waals surface area contributed by atoms with Gasteiger partial charge in [-0.05, 0) is 19.2 Å². The van der Waals surface area contributed by atoms with Crippen LogP contribution >= 0.6 is 0 Å². The Morgan fingerprint density at radius 2 is 1.50 bits per heavy atom. The van der Waals surface area contributed by atoms with Crippen LogP contribution in [0.5, 0.6) is 0 Å². The summed E-state index contributed by atoms with van der Waals surface area (Å²) in [5.41, 5.74) is 0.0625. The van der Waals surface area contributed by atoms with E-state index in [1.54, 1.807) is 0 Å². The van der Waals surface area contributed by atoms with Crippen molar-refractivity contribution >= 4 is 7.48 Å². The van der Waals surface area contributed by atoms with Crippen molar-refractivity contribution in [3.63, 3.8) is 0 Å². The van der Waals surface area contributed by atoms with Gasteiger partial charge in [-0.1, -0.05) is 13.8 Å². The fourth-order valence-electron chi connectivity index (χ4n) is 0.530. The van der Waals surface area contributed by atoms with Crippen LogP contribution in [0.15, 0.2) is 0 Å². The quantitative estimate of drug-likeness (QED) is 0.431. The Morgan fingerprint density at radius 3 is 1.50 bits per heavy atom. The third kappa shape index (κ3) is 0.592. The van der Waals surface area contributed by atoms with Gasteiger partial charge in [0.1, 0.15) is 0 Å². The third-order valence-corrected chi connectivity index (χ3v) is 2.20. The van der Waals surface area contributed by atoms with Crippen molar-refractivity contribution in [2.24, 2.45) is 0 Å². The van der Waals surface area contributed by atoms with Crippen LogP contribution in [-0.4, -0.2) is 13.1 Å². The topological polar surface area (TPSA) is 9.23 Å². The molecule has 1 aliphatic rings. The van der Waals surface area contributed by atoms with E-state index in [2.05, 4.69) is 27.7 Å². The highest BCUT2D eigenvalue weighted by molar-refractivity contribution is 6.36. The van der Waals surface area contributed by atoms with E-state index in [1.807, 2.05) is 7.48 Å². The predicted molar refractivity (Wildman–Crippen MR) is 35.0 cm³/mol. The molecular formula is C6H12BO. The lowest BCUT2D eigenvalue weighted by Crippen LogP contribution is -2.53. The van der Waals surface area contributed by atoms with Crippen molar-refractivity contribution < 1.29 is 4.65 Å². The fourth-order valence-corrected chi connectivity index (χ4v) is 0.530. The first kappa shape index (κ1) is 6.15. The zero-order valence-corrected chi connectivity index (χ0v) is 5.99. The molecule has 0 saturated carbocycles. The molecule has 0 aromatic carbocycles. The first-order chi connectivity index (χ1) is 3.46. The molecule has 1 rings (SSSR count). The number of hydrogen-bond donors (Lipinski definition) is 0. The average molecular weight is 111 g/mol. The minimum Gasteiger partial charge on any atom is -0.435 e. The van der Waals surface area contributed by atoms with E-state index >= 15 is 0 Å². The molecule has 0 aromatic heterocycles. The van der Waals surface area contributed by atoms with Crippen molar-refractivity contribution in [1.82, 2.24) is 0 Å². The Labute approximate surface area is 51.7 Å². The van der Waals surface area contributed by atoms with E-state index in [0.717, 1.165) is 0 Å². The van der Waals surface area contributed by atoms with E-state index in [9.17, 15) is 0 Å². The summed E-state index contributed by atoms with van der Waals surface area (Å²) in [6, 6.07) is 0. The van der Waals surface area contributed by atoms with Crippen molar-refractivity contribution in [1.29, 1.82) is 0 Å². The summed E-state index contributed by atoms with van der Waals surface area (Å²) >= 11 is 0. The van der Waals surface area contributed by atoms with Gasteiger partial charge in [-0.2, -0.15) is 0 Å². The highest BCUT2D eigenvalue weighted by Crippen LogP contribution is 2.47. The van der Waals surface area contributed by atoms with Gasteiger partial charge in [0.2, 0.25) is 0 Å². The van der Waals surface area contributed by atoms with Crippen LogP contribution in [0.4, 0.5) is 0 Å². The lowest BCUT2D eigenvalue weighted by Gasteiger charge is -2.51. The van der Waals surface area contributed by atoms with Crippen LogP contribution in [0.3, 0.4) is 0 Å². The molecular weight excluding hydrogens is 98.9 g/mol. The molecule has 0 unspecified atom stereocenters. The lowest BCUT2D eigenvalue weighted by atomic mass is 9.51. The first-order valence-electron chi connectivity index (χ1n) is 2.98. The summed E-state index contributed by atoms with van der Waals surface area (Å²) in [5, 5.41) is 0.271. The third-order valence-electron chi connectivity index (χ3n) is 2.20. The van der Waals surface area contributed by atoms with Crippen LogP contribution in [0.25, 0.3) is 0 Å². The van der Waals surface area contributed by atoms with Crippen LogP contribution in [0, 0.1) is 0 Å². The van der Waals surface area contributed by atoms with Gasteiger partial charge in [-0.15, -0.1) is 0 Å². The normalized spacial score (nSPS) is 30.5. The summed E-state index contributed by atoms with van der Waals surface area (Å²) < 4.78 is 5.21. The Hall–Kier alpha value is 0.0249. The summed E-state index contributed by atoms with van der Waals surface area (Å²) in [6.07, 6.45) is 0. The average Bonchev–Trinajstić information content (AvgIpc) is 1.64. The van der Waals surface area contributed by atoms with Gasteiger partial charge in [0.15, 0.2) is 0 Å². The Morgan fingerprint density at radius 1 is 1.12 bits per heavy atom. The Balaban J connectivity index is 2.63. The molecule has 1 heterocycles. The molecule has 1 aliphatic heterocycles. The van der Waals surface area contributed by atoms with Crippen molar-refractivity contribution in [3.05, 3.63) is 0 Å². The van der Waals surface area contributed by atoms with Gasteiger partial charge < -0.3 is 4.65 Å². The van der Waals surface area contributed by atoms with Crippen molar-refractivity contribution in [3.8, 4) is 0 Å². The second kappa shape index (κ2) is 1.30. The molecule has 0 atom stereocenters. The smallest absolute Gasteiger partial charge is 0.302 e. The maximum absolute atomic E-state index is 5.21. The molecule has 1 fully saturated rings. The molecule has 0 spiro atoms. The Bertz CT molecular complexity index is 93.1. The zero-order chi connectivity index (χ0) is 6.41. The molecule has 0 aliphatic carbocycles. The van der Waals surface area contributed by atoms with Crippen molar-refractivity contribution in [2.45, 2.75) is 38.6 Å². The number of hydrogen-bond acceptors (Lipinski definition) is 1. The SMILES string of the molecule is CC1(C)[B]OC1(C)C.